The van der Waals surface area contributed by atoms with Gasteiger partial charge in [-0.2, -0.15) is 0 Å². The average molecular weight is 287 g/mol. The number of amides is 1. The summed E-state index contributed by atoms with van der Waals surface area (Å²) in [7, 11) is 0. The number of hydrogen-bond acceptors (Lipinski definition) is 4. The minimum Gasteiger partial charge on any atom is -0.415 e. The Labute approximate surface area is 123 Å². The van der Waals surface area contributed by atoms with Gasteiger partial charge in [0.05, 0.1) is 13.1 Å². The van der Waals surface area contributed by atoms with Gasteiger partial charge in [-0.25, -0.2) is 0 Å². The van der Waals surface area contributed by atoms with Gasteiger partial charge >= 0.3 is 0 Å². The SMILES string of the molecule is Cc1cccc(-c2nnc([C@H](C)[NH+]3CCNC(=O)C3)o2)c1. The smallest absolute Gasteiger partial charge is 0.275 e. The third kappa shape index (κ3) is 2.95. The van der Waals surface area contributed by atoms with Gasteiger partial charge in [-0.1, -0.05) is 17.7 Å². The lowest BCUT2D eigenvalue weighted by molar-refractivity contribution is -0.924. The van der Waals surface area contributed by atoms with Crippen LogP contribution in [0.2, 0.25) is 0 Å². The minimum absolute atomic E-state index is 0.0158. The summed E-state index contributed by atoms with van der Waals surface area (Å²) in [5, 5.41) is 11.1. The molecule has 1 unspecified atom stereocenters. The topological polar surface area (TPSA) is 72.5 Å². The molecule has 1 aliphatic heterocycles. The Morgan fingerprint density at radius 3 is 3.00 bits per heavy atom. The Balaban J connectivity index is 1.79. The molecule has 2 atom stereocenters. The molecule has 0 radical (unpaired) electrons. The second-order valence-electron chi connectivity index (χ2n) is 5.47. The minimum atomic E-state index is 0.0158. The monoisotopic (exact) mass is 287 g/mol. The largest absolute Gasteiger partial charge is 0.415 e. The number of piperazine rings is 1. The van der Waals surface area contributed by atoms with Gasteiger partial charge in [-0.05, 0) is 26.0 Å². The highest BCUT2D eigenvalue weighted by Crippen LogP contribution is 2.20. The van der Waals surface area contributed by atoms with E-state index in [4.69, 9.17) is 4.42 Å². The van der Waals surface area contributed by atoms with Crippen LogP contribution in [0, 0.1) is 6.92 Å². The zero-order valence-corrected chi connectivity index (χ0v) is 12.2. The van der Waals surface area contributed by atoms with Crippen LogP contribution < -0.4 is 10.2 Å². The molecule has 1 saturated heterocycles. The van der Waals surface area contributed by atoms with Crippen LogP contribution in [0.3, 0.4) is 0 Å². The molecule has 2 heterocycles. The molecule has 2 aromatic rings. The van der Waals surface area contributed by atoms with Crippen molar-refractivity contribution in [1.29, 1.82) is 0 Å². The lowest BCUT2D eigenvalue weighted by Crippen LogP contribution is -3.15. The summed E-state index contributed by atoms with van der Waals surface area (Å²) in [6.45, 7) is 6.05. The molecule has 110 valence electrons. The van der Waals surface area contributed by atoms with Crippen LogP contribution in [-0.2, 0) is 4.79 Å². The first-order valence-electron chi connectivity index (χ1n) is 7.15. The molecule has 2 N–H and O–H groups in total. The van der Waals surface area contributed by atoms with Crippen LogP contribution in [0.1, 0.15) is 24.4 Å². The molecule has 0 bridgehead atoms. The van der Waals surface area contributed by atoms with Crippen LogP contribution in [0.5, 0.6) is 0 Å². The fourth-order valence-corrected chi connectivity index (χ4v) is 2.57. The normalized spacial score (nSPS) is 20.1. The zero-order chi connectivity index (χ0) is 14.8. The summed E-state index contributed by atoms with van der Waals surface area (Å²) >= 11 is 0. The van der Waals surface area contributed by atoms with Gasteiger partial charge in [-0.3, -0.25) is 4.79 Å². The molecule has 1 aliphatic rings. The van der Waals surface area contributed by atoms with Gasteiger partial charge in [0, 0.05) is 5.56 Å². The Bertz CT molecular complexity index is 653. The molecule has 1 aromatic carbocycles. The highest BCUT2D eigenvalue weighted by atomic mass is 16.4. The number of rotatable bonds is 3. The molecular weight excluding hydrogens is 268 g/mol. The van der Waals surface area contributed by atoms with Crippen LogP contribution in [-0.4, -0.2) is 35.7 Å². The Morgan fingerprint density at radius 1 is 1.38 bits per heavy atom. The summed E-state index contributed by atoms with van der Waals surface area (Å²) in [6, 6.07) is 7.99. The van der Waals surface area contributed by atoms with E-state index in [0.717, 1.165) is 22.6 Å². The van der Waals surface area contributed by atoms with Crippen LogP contribution in [0.15, 0.2) is 28.7 Å². The first-order chi connectivity index (χ1) is 10.1. The van der Waals surface area contributed by atoms with E-state index in [0.29, 0.717) is 24.9 Å². The Hall–Kier alpha value is -2.21. The van der Waals surface area contributed by atoms with E-state index in [9.17, 15) is 4.79 Å². The quantitative estimate of drug-likeness (QED) is 0.841. The summed E-state index contributed by atoms with van der Waals surface area (Å²) in [4.78, 5) is 12.6. The molecule has 1 aromatic heterocycles. The lowest BCUT2D eigenvalue weighted by Gasteiger charge is -2.26. The summed E-state index contributed by atoms with van der Waals surface area (Å²) in [6.07, 6.45) is 0. The van der Waals surface area contributed by atoms with Crippen molar-refractivity contribution in [3.8, 4) is 11.5 Å². The molecule has 6 heteroatoms. The van der Waals surface area contributed by atoms with E-state index in [1.807, 2.05) is 38.1 Å². The van der Waals surface area contributed by atoms with Crippen molar-refractivity contribution >= 4 is 5.91 Å². The van der Waals surface area contributed by atoms with Crippen LogP contribution in [0.25, 0.3) is 11.5 Å². The number of carbonyl (C=O) groups excluding carboxylic acids is 1. The third-order valence-electron chi connectivity index (χ3n) is 3.84. The second-order valence-corrected chi connectivity index (χ2v) is 5.47. The molecule has 3 rings (SSSR count). The molecular formula is C15H19N4O2+. The summed E-state index contributed by atoms with van der Waals surface area (Å²) < 4.78 is 5.80. The van der Waals surface area contributed by atoms with Crippen molar-refractivity contribution in [3.05, 3.63) is 35.7 Å². The number of aromatic nitrogens is 2. The Morgan fingerprint density at radius 2 is 2.24 bits per heavy atom. The summed E-state index contributed by atoms with van der Waals surface area (Å²) in [5.41, 5.74) is 2.07. The number of quaternary nitrogens is 1. The van der Waals surface area contributed by atoms with E-state index >= 15 is 0 Å². The van der Waals surface area contributed by atoms with Crippen molar-refractivity contribution in [2.24, 2.45) is 0 Å². The third-order valence-corrected chi connectivity index (χ3v) is 3.84. The number of benzene rings is 1. The van der Waals surface area contributed by atoms with E-state index in [1.165, 1.54) is 0 Å². The average Bonchev–Trinajstić information content (AvgIpc) is 2.96. The van der Waals surface area contributed by atoms with Gasteiger partial charge in [0.15, 0.2) is 12.6 Å². The van der Waals surface area contributed by atoms with Gasteiger partial charge < -0.3 is 14.6 Å². The number of aryl methyl sites for hydroxylation is 1. The zero-order valence-electron chi connectivity index (χ0n) is 12.2. The molecule has 1 amide bonds. The Kier molecular flexibility index (Phi) is 3.70. The number of nitrogens with one attached hydrogen (secondary N) is 2. The van der Waals surface area contributed by atoms with E-state index in [1.54, 1.807) is 0 Å². The van der Waals surface area contributed by atoms with Crippen molar-refractivity contribution < 1.29 is 14.1 Å². The first-order valence-corrected chi connectivity index (χ1v) is 7.15. The van der Waals surface area contributed by atoms with Gasteiger partial charge in [0.2, 0.25) is 5.89 Å². The van der Waals surface area contributed by atoms with E-state index < -0.39 is 0 Å². The van der Waals surface area contributed by atoms with Gasteiger partial charge in [0.25, 0.3) is 11.8 Å². The molecule has 0 saturated carbocycles. The molecule has 21 heavy (non-hydrogen) atoms. The second kappa shape index (κ2) is 5.65. The first kappa shape index (κ1) is 13.8. The van der Waals surface area contributed by atoms with Crippen molar-refractivity contribution in [2.45, 2.75) is 19.9 Å². The van der Waals surface area contributed by atoms with Crippen molar-refractivity contribution in [2.75, 3.05) is 19.6 Å². The maximum Gasteiger partial charge on any atom is 0.275 e. The predicted octanol–water partition coefficient (Wildman–Crippen LogP) is 0.121. The molecule has 6 nitrogen and oxygen atoms in total. The van der Waals surface area contributed by atoms with E-state index in [2.05, 4.69) is 15.5 Å². The maximum absolute atomic E-state index is 11.5. The fraction of sp³-hybridized carbons (Fsp3) is 0.400. The standard InChI is InChI=1S/C15H18N4O2/c1-10-4-3-5-12(8-10)15-18-17-14(21-15)11(2)19-7-6-16-13(20)9-19/h3-5,8,11H,6-7,9H2,1-2H3,(H,16,20)/p+1/t11-/m0/s1. The van der Waals surface area contributed by atoms with Crippen molar-refractivity contribution in [3.63, 3.8) is 0 Å². The number of hydrogen-bond donors (Lipinski definition) is 2. The maximum atomic E-state index is 11.5. The molecule has 1 fully saturated rings. The summed E-state index contributed by atoms with van der Waals surface area (Å²) in [5.74, 6) is 1.18. The van der Waals surface area contributed by atoms with E-state index in [-0.39, 0.29) is 11.9 Å². The van der Waals surface area contributed by atoms with Gasteiger partial charge in [-0.15, -0.1) is 10.2 Å². The number of nitrogens with zero attached hydrogens (tertiary/aromatic N) is 2. The lowest BCUT2D eigenvalue weighted by atomic mass is 10.1. The fourth-order valence-electron chi connectivity index (χ4n) is 2.57. The van der Waals surface area contributed by atoms with Crippen LogP contribution >= 0.6 is 0 Å². The highest BCUT2D eigenvalue weighted by Gasteiger charge is 2.29. The van der Waals surface area contributed by atoms with Crippen molar-refractivity contribution in [1.82, 2.24) is 15.5 Å². The number of carbonyl (C=O) groups is 1. The molecule has 0 spiro atoms. The predicted molar refractivity (Wildman–Crippen MR) is 76.6 cm³/mol. The van der Waals surface area contributed by atoms with Gasteiger partial charge in [0.1, 0.15) is 0 Å². The van der Waals surface area contributed by atoms with Crippen LogP contribution in [0.4, 0.5) is 0 Å². The molecule has 0 aliphatic carbocycles. The highest BCUT2D eigenvalue weighted by molar-refractivity contribution is 5.77.